The molecule has 1 heterocycles. The van der Waals surface area contributed by atoms with Gasteiger partial charge in [0.2, 0.25) is 0 Å². The Morgan fingerprint density at radius 2 is 1.79 bits per heavy atom. The number of carbonyl (C=O) groups is 3. The zero-order chi connectivity index (χ0) is 20.6. The molecule has 0 saturated heterocycles. The van der Waals surface area contributed by atoms with Crippen LogP contribution in [0.15, 0.2) is 67.3 Å². The second-order valence-electron chi connectivity index (χ2n) is 6.38. The molecule has 2 aromatic carbocycles. The third kappa shape index (κ3) is 5.58. The lowest BCUT2D eigenvalue weighted by molar-refractivity contribution is -0.128. The van der Waals surface area contributed by atoms with Gasteiger partial charge < -0.3 is 10.1 Å². The van der Waals surface area contributed by atoms with Crippen molar-refractivity contribution in [1.29, 1.82) is 0 Å². The van der Waals surface area contributed by atoms with Gasteiger partial charge in [-0.1, -0.05) is 30.3 Å². The normalized spacial score (nSPS) is 11.5. The Hall–Kier alpha value is -3.81. The van der Waals surface area contributed by atoms with E-state index in [-0.39, 0.29) is 5.78 Å². The van der Waals surface area contributed by atoms with E-state index in [1.807, 2.05) is 30.3 Å². The zero-order valence-corrected chi connectivity index (χ0v) is 15.8. The van der Waals surface area contributed by atoms with E-state index in [0.29, 0.717) is 12.0 Å². The Balaban J connectivity index is 1.52. The maximum Gasteiger partial charge on any atom is 0.338 e. The number of ketones is 1. The molecule has 0 unspecified atom stereocenters. The van der Waals surface area contributed by atoms with E-state index >= 15 is 0 Å². The number of nitrogens with one attached hydrogen (secondary N) is 1. The number of amides is 1. The summed E-state index contributed by atoms with van der Waals surface area (Å²) in [6, 6.07) is 15.2. The lowest BCUT2D eigenvalue weighted by Crippen LogP contribution is -2.43. The van der Waals surface area contributed by atoms with Crippen LogP contribution < -0.4 is 5.32 Å². The maximum atomic E-state index is 12.2. The van der Waals surface area contributed by atoms with Crippen LogP contribution in [-0.4, -0.2) is 45.1 Å². The second-order valence-corrected chi connectivity index (χ2v) is 6.38. The summed E-state index contributed by atoms with van der Waals surface area (Å²) in [6.07, 6.45) is 3.32. The summed E-state index contributed by atoms with van der Waals surface area (Å²) in [6.45, 7) is 0.943. The summed E-state index contributed by atoms with van der Waals surface area (Å²) in [5.41, 5.74) is 1.97. The predicted octanol–water partition coefficient (Wildman–Crippen LogP) is 1.74. The van der Waals surface area contributed by atoms with Crippen LogP contribution >= 0.6 is 0 Å². The fraction of sp³-hybridized carbons (Fsp3) is 0.190. The molecule has 3 rings (SSSR count). The Morgan fingerprint density at radius 3 is 2.41 bits per heavy atom. The maximum absolute atomic E-state index is 12.2. The average molecular weight is 392 g/mol. The molecular weight excluding hydrogens is 372 g/mol. The van der Waals surface area contributed by atoms with E-state index in [1.165, 1.54) is 13.3 Å². The quantitative estimate of drug-likeness (QED) is 0.586. The molecule has 1 N–H and O–H groups in total. The van der Waals surface area contributed by atoms with Crippen LogP contribution in [0.25, 0.3) is 5.69 Å². The molecular formula is C21H20N4O4. The van der Waals surface area contributed by atoms with Crippen LogP contribution in [0.2, 0.25) is 0 Å². The monoisotopic (exact) mass is 392 g/mol. The van der Waals surface area contributed by atoms with Gasteiger partial charge in [-0.05, 0) is 43.2 Å². The number of rotatable bonds is 8. The number of esters is 1. The second kappa shape index (κ2) is 9.41. The van der Waals surface area contributed by atoms with Crippen molar-refractivity contribution < 1.29 is 19.1 Å². The molecule has 8 nitrogen and oxygen atoms in total. The largest absolute Gasteiger partial charge is 0.452 e. The lowest BCUT2D eigenvalue weighted by Gasteiger charge is -2.16. The molecule has 0 radical (unpaired) electrons. The molecule has 0 aliphatic heterocycles. The molecule has 0 bridgehead atoms. The molecule has 29 heavy (non-hydrogen) atoms. The van der Waals surface area contributed by atoms with Crippen molar-refractivity contribution in [2.75, 3.05) is 6.61 Å². The minimum atomic E-state index is -0.675. The summed E-state index contributed by atoms with van der Waals surface area (Å²) in [5.74, 6) is -1.33. The number of aromatic nitrogens is 3. The smallest absolute Gasteiger partial charge is 0.338 e. The van der Waals surface area contributed by atoms with E-state index in [1.54, 1.807) is 35.3 Å². The van der Waals surface area contributed by atoms with Crippen molar-refractivity contribution in [3.63, 3.8) is 0 Å². The van der Waals surface area contributed by atoms with Gasteiger partial charge in [-0.25, -0.2) is 14.5 Å². The van der Waals surface area contributed by atoms with Gasteiger partial charge in [0.1, 0.15) is 12.7 Å². The molecule has 0 fully saturated rings. The van der Waals surface area contributed by atoms with Gasteiger partial charge in [0, 0.05) is 0 Å². The number of ether oxygens (including phenoxy) is 1. The number of hydrogen-bond donors (Lipinski definition) is 1. The van der Waals surface area contributed by atoms with Gasteiger partial charge in [0.15, 0.2) is 12.4 Å². The van der Waals surface area contributed by atoms with Crippen LogP contribution in [0.5, 0.6) is 0 Å². The number of hydrogen-bond acceptors (Lipinski definition) is 6. The molecule has 148 valence electrons. The third-order valence-corrected chi connectivity index (χ3v) is 4.23. The fourth-order valence-electron chi connectivity index (χ4n) is 2.69. The fourth-order valence-corrected chi connectivity index (χ4v) is 2.69. The van der Waals surface area contributed by atoms with Crippen LogP contribution in [0.3, 0.4) is 0 Å². The predicted molar refractivity (Wildman–Crippen MR) is 104 cm³/mol. The highest BCUT2D eigenvalue weighted by atomic mass is 16.5. The molecule has 8 heteroatoms. The van der Waals surface area contributed by atoms with Crippen LogP contribution in [-0.2, 0) is 20.7 Å². The van der Waals surface area contributed by atoms with Crippen molar-refractivity contribution in [3.05, 3.63) is 78.4 Å². The molecule has 3 aromatic rings. The SMILES string of the molecule is CC(=O)[C@@H](Cc1ccccc1)NC(=O)COC(=O)c1ccc(-n2cncn2)cc1. The van der Waals surface area contributed by atoms with E-state index in [9.17, 15) is 14.4 Å². The summed E-state index contributed by atoms with van der Waals surface area (Å²) < 4.78 is 6.61. The van der Waals surface area contributed by atoms with Crippen molar-refractivity contribution in [1.82, 2.24) is 20.1 Å². The van der Waals surface area contributed by atoms with Crippen LogP contribution in [0.1, 0.15) is 22.8 Å². The number of Topliss-reactive ketones (excluding diaryl/α,β-unsaturated/α-hetero) is 1. The number of carbonyl (C=O) groups excluding carboxylic acids is 3. The molecule has 1 aromatic heterocycles. The first-order valence-corrected chi connectivity index (χ1v) is 8.99. The van der Waals surface area contributed by atoms with Gasteiger partial charge in [-0.15, -0.1) is 0 Å². The Labute approximate surface area is 167 Å². The Morgan fingerprint density at radius 1 is 1.07 bits per heavy atom. The average Bonchev–Trinajstić information content (AvgIpc) is 3.27. The van der Waals surface area contributed by atoms with Crippen LogP contribution in [0, 0.1) is 0 Å². The van der Waals surface area contributed by atoms with E-state index in [4.69, 9.17) is 4.74 Å². The molecule has 0 saturated carbocycles. The molecule has 0 aliphatic carbocycles. The van der Waals surface area contributed by atoms with Crippen molar-refractivity contribution >= 4 is 17.7 Å². The first kappa shape index (κ1) is 19.9. The van der Waals surface area contributed by atoms with Crippen molar-refractivity contribution in [2.45, 2.75) is 19.4 Å². The minimum absolute atomic E-state index is 0.169. The molecule has 1 amide bonds. The van der Waals surface area contributed by atoms with Gasteiger partial charge in [0.25, 0.3) is 5.91 Å². The Kier molecular flexibility index (Phi) is 6.47. The summed E-state index contributed by atoms with van der Waals surface area (Å²) in [4.78, 5) is 40.0. The Bertz CT molecular complexity index is 970. The highest BCUT2D eigenvalue weighted by molar-refractivity contribution is 5.92. The summed E-state index contributed by atoms with van der Waals surface area (Å²) >= 11 is 0. The highest BCUT2D eigenvalue weighted by Gasteiger charge is 2.19. The first-order chi connectivity index (χ1) is 14.0. The van der Waals surface area contributed by atoms with Gasteiger partial charge in [0.05, 0.1) is 17.3 Å². The van der Waals surface area contributed by atoms with Gasteiger partial charge in [-0.2, -0.15) is 5.10 Å². The highest BCUT2D eigenvalue weighted by Crippen LogP contribution is 2.09. The summed E-state index contributed by atoms with van der Waals surface area (Å²) in [7, 11) is 0. The summed E-state index contributed by atoms with van der Waals surface area (Å²) in [5, 5.41) is 6.62. The first-order valence-electron chi connectivity index (χ1n) is 8.99. The van der Waals surface area contributed by atoms with E-state index < -0.39 is 24.5 Å². The number of benzene rings is 2. The van der Waals surface area contributed by atoms with Crippen molar-refractivity contribution in [2.24, 2.45) is 0 Å². The standard InChI is InChI=1S/C21H20N4O4/c1-15(26)19(11-16-5-3-2-4-6-16)24-20(27)12-29-21(28)17-7-9-18(10-8-17)25-14-22-13-23-25/h2-10,13-14,19H,11-12H2,1H3,(H,24,27)/t19-/m1/s1. The van der Waals surface area contributed by atoms with Crippen molar-refractivity contribution in [3.8, 4) is 5.69 Å². The lowest BCUT2D eigenvalue weighted by atomic mass is 10.0. The third-order valence-electron chi connectivity index (χ3n) is 4.23. The van der Waals surface area contributed by atoms with E-state index in [2.05, 4.69) is 15.4 Å². The van der Waals surface area contributed by atoms with Gasteiger partial charge in [-0.3, -0.25) is 9.59 Å². The van der Waals surface area contributed by atoms with E-state index in [0.717, 1.165) is 11.3 Å². The molecule has 0 spiro atoms. The van der Waals surface area contributed by atoms with Crippen LogP contribution in [0.4, 0.5) is 0 Å². The minimum Gasteiger partial charge on any atom is -0.452 e. The molecule has 0 aliphatic rings. The zero-order valence-electron chi connectivity index (χ0n) is 15.8. The van der Waals surface area contributed by atoms with Gasteiger partial charge >= 0.3 is 5.97 Å². The topological polar surface area (TPSA) is 103 Å². The molecule has 1 atom stereocenters. The number of nitrogens with zero attached hydrogens (tertiary/aromatic N) is 3.